The van der Waals surface area contributed by atoms with Crippen molar-refractivity contribution in [1.82, 2.24) is 4.98 Å². The Labute approximate surface area is 153 Å². The number of hydrogen-bond donors (Lipinski definition) is 0. The van der Waals surface area contributed by atoms with Crippen LogP contribution in [0.1, 0.15) is 44.1 Å². The van der Waals surface area contributed by atoms with E-state index in [0.717, 1.165) is 17.8 Å². The molecule has 0 aliphatic heterocycles. The summed E-state index contributed by atoms with van der Waals surface area (Å²) in [5, 5.41) is 0. The Morgan fingerprint density at radius 1 is 1.04 bits per heavy atom. The Morgan fingerprint density at radius 3 is 2.28 bits per heavy atom. The van der Waals surface area contributed by atoms with Crippen molar-refractivity contribution in [2.75, 3.05) is 0 Å². The van der Waals surface area contributed by atoms with E-state index in [2.05, 4.69) is 56.6 Å². The minimum absolute atomic E-state index is 0.910. The smallest absolute Gasteiger partial charge is 0.0708 e. The van der Waals surface area contributed by atoms with E-state index in [4.69, 9.17) is 0 Å². The van der Waals surface area contributed by atoms with E-state index in [9.17, 15) is 0 Å². The third kappa shape index (κ3) is 7.63. The van der Waals surface area contributed by atoms with Crippen LogP contribution in [0.2, 0.25) is 0 Å². The van der Waals surface area contributed by atoms with Crippen LogP contribution in [-0.2, 0) is 0 Å². The molecule has 0 aliphatic rings. The zero-order chi connectivity index (χ0) is 18.5. The van der Waals surface area contributed by atoms with E-state index in [1.165, 1.54) is 16.7 Å². The van der Waals surface area contributed by atoms with Gasteiger partial charge in [-0.3, -0.25) is 0 Å². The lowest BCUT2D eigenvalue weighted by molar-refractivity contribution is 1.10. The molecule has 0 spiro atoms. The van der Waals surface area contributed by atoms with Crippen molar-refractivity contribution in [3.05, 3.63) is 102 Å². The van der Waals surface area contributed by atoms with Crippen LogP contribution < -0.4 is 0 Å². The lowest BCUT2D eigenvalue weighted by Gasteiger charge is -2.07. The van der Waals surface area contributed by atoms with Crippen LogP contribution in [0.3, 0.4) is 0 Å². The molecule has 0 atom stereocenters. The largest absolute Gasteiger partial charge is 0.248 e. The van der Waals surface area contributed by atoms with Gasteiger partial charge in [-0.05, 0) is 51.0 Å². The number of pyridine rings is 1. The third-order valence-electron chi connectivity index (χ3n) is 3.75. The maximum Gasteiger partial charge on any atom is 0.0708 e. The first kappa shape index (κ1) is 20.4. The molecule has 1 aromatic heterocycles. The summed E-state index contributed by atoms with van der Waals surface area (Å²) in [6, 6.07) is 16.3. The molecular weight excluding hydrogens is 302 g/mol. The van der Waals surface area contributed by atoms with Gasteiger partial charge >= 0.3 is 0 Å². The molecule has 0 N–H and O–H groups in total. The molecule has 25 heavy (non-hydrogen) atoms. The first-order chi connectivity index (χ1) is 12.1. The molecule has 1 heterocycles. The third-order valence-corrected chi connectivity index (χ3v) is 3.75. The fraction of sp³-hybridized carbons (Fsp3) is 0.208. The minimum Gasteiger partial charge on any atom is -0.248 e. The topological polar surface area (TPSA) is 12.9 Å². The lowest BCUT2D eigenvalue weighted by atomic mass is 10.0. The van der Waals surface area contributed by atoms with Crippen molar-refractivity contribution >= 4 is 11.6 Å². The van der Waals surface area contributed by atoms with Gasteiger partial charge in [0.1, 0.15) is 0 Å². The molecule has 2 rings (SSSR count). The average molecular weight is 332 g/mol. The number of aromatic nitrogens is 1. The number of nitrogens with zero attached hydrogens (tertiary/aromatic N) is 1. The van der Waals surface area contributed by atoms with Crippen molar-refractivity contribution in [3.63, 3.8) is 0 Å². The fourth-order valence-electron chi connectivity index (χ4n) is 2.15. The zero-order valence-corrected chi connectivity index (χ0v) is 15.9. The predicted octanol–water partition coefficient (Wildman–Crippen LogP) is 7.04. The SMILES string of the molecule is C=Cc1cccc(C(/C=C\C=C/C)=C(C)CC)n1.Cc1ccccc1. The molecule has 2 aromatic rings. The summed E-state index contributed by atoms with van der Waals surface area (Å²) in [4.78, 5) is 4.59. The quantitative estimate of drug-likeness (QED) is 0.536. The van der Waals surface area contributed by atoms with Gasteiger partial charge in [0.05, 0.1) is 11.4 Å². The highest BCUT2D eigenvalue weighted by Gasteiger charge is 2.03. The number of allylic oxidation sites excluding steroid dienone is 6. The van der Waals surface area contributed by atoms with E-state index in [1.54, 1.807) is 6.08 Å². The van der Waals surface area contributed by atoms with Gasteiger partial charge in [0, 0.05) is 0 Å². The summed E-state index contributed by atoms with van der Waals surface area (Å²) in [6.07, 6.45) is 11.0. The van der Waals surface area contributed by atoms with Gasteiger partial charge in [0.25, 0.3) is 0 Å². The van der Waals surface area contributed by atoms with Crippen LogP contribution in [0.25, 0.3) is 11.6 Å². The second-order valence-electron chi connectivity index (χ2n) is 5.74. The van der Waals surface area contributed by atoms with E-state index < -0.39 is 0 Å². The summed E-state index contributed by atoms with van der Waals surface area (Å²) in [7, 11) is 0. The van der Waals surface area contributed by atoms with Crippen molar-refractivity contribution in [3.8, 4) is 0 Å². The van der Waals surface area contributed by atoms with Gasteiger partial charge in [0.15, 0.2) is 0 Å². The highest BCUT2D eigenvalue weighted by Crippen LogP contribution is 2.21. The fourth-order valence-corrected chi connectivity index (χ4v) is 2.15. The Morgan fingerprint density at radius 2 is 1.76 bits per heavy atom. The zero-order valence-electron chi connectivity index (χ0n) is 15.9. The summed E-state index contributed by atoms with van der Waals surface area (Å²) >= 11 is 0. The Hall–Kier alpha value is -2.67. The molecule has 0 aliphatic carbocycles. The standard InChI is InChI=1S/C17H21N.C7H8/c1-5-8-9-12-16(14(4)6-2)17-13-10-11-15(7-3)18-17;1-7-5-3-2-4-6-7/h5,7-13H,3,6H2,1-2,4H3;2-6H,1H3/b8-5-,12-9-,16-14?;. The van der Waals surface area contributed by atoms with Crippen LogP contribution in [-0.4, -0.2) is 4.98 Å². The van der Waals surface area contributed by atoms with Gasteiger partial charge in [-0.1, -0.05) is 85.3 Å². The predicted molar refractivity (Wildman–Crippen MR) is 112 cm³/mol. The van der Waals surface area contributed by atoms with Crippen molar-refractivity contribution in [1.29, 1.82) is 0 Å². The van der Waals surface area contributed by atoms with E-state index in [0.29, 0.717) is 0 Å². The molecule has 0 unspecified atom stereocenters. The first-order valence-electron chi connectivity index (χ1n) is 8.73. The second kappa shape index (κ2) is 11.8. The van der Waals surface area contributed by atoms with Crippen LogP contribution >= 0.6 is 0 Å². The van der Waals surface area contributed by atoms with Crippen LogP contribution in [0, 0.1) is 6.92 Å². The molecule has 0 fully saturated rings. The first-order valence-corrected chi connectivity index (χ1v) is 8.73. The molecule has 1 aromatic carbocycles. The summed E-state index contributed by atoms with van der Waals surface area (Å²) in [6.45, 7) is 12.2. The molecule has 0 amide bonds. The van der Waals surface area contributed by atoms with Crippen LogP contribution in [0.5, 0.6) is 0 Å². The average Bonchev–Trinajstić information content (AvgIpc) is 2.66. The number of rotatable bonds is 5. The van der Waals surface area contributed by atoms with Crippen molar-refractivity contribution in [2.45, 2.75) is 34.1 Å². The maximum atomic E-state index is 4.59. The van der Waals surface area contributed by atoms with Gasteiger partial charge in [-0.15, -0.1) is 0 Å². The van der Waals surface area contributed by atoms with Gasteiger partial charge < -0.3 is 0 Å². The number of hydrogen-bond acceptors (Lipinski definition) is 1. The van der Waals surface area contributed by atoms with E-state index >= 15 is 0 Å². The summed E-state index contributed by atoms with van der Waals surface area (Å²) < 4.78 is 0. The summed E-state index contributed by atoms with van der Waals surface area (Å²) in [5.41, 5.74) is 5.77. The van der Waals surface area contributed by atoms with Crippen molar-refractivity contribution < 1.29 is 0 Å². The van der Waals surface area contributed by atoms with Gasteiger partial charge in [-0.25, -0.2) is 4.98 Å². The molecular formula is C24H29N. The second-order valence-corrected chi connectivity index (χ2v) is 5.74. The minimum atomic E-state index is 0.910. The monoisotopic (exact) mass is 331 g/mol. The van der Waals surface area contributed by atoms with E-state index in [-0.39, 0.29) is 0 Å². The van der Waals surface area contributed by atoms with Crippen molar-refractivity contribution in [2.24, 2.45) is 0 Å². The van der Waals surface area contributed by atoms with Crippen LogP contribution in [0.15, 0.2) is 85.0 Å². The van der Waals surface area contributed by atoms with Gasteiger partial charge in [-0.2, -0.15) is 0 Å². The van der Waals surface area contributed by atoms with E-state index in [1.807, 2.05) is 55.5 Å². The molecule has 0 radical (unpaired) electrons. The molecule has 1 nitrogen and oxygen atoms in total. The highest BCUT2D eigenvalue weighted by molar-refractivity contribution is 5.75. The van der Waals surface area contributed by atoms with Gasteiger partial charge in [0.2, 0.25) is 0 Å². The molecule has 130 valence electrons. The Kier molecular flexibility index (Phi) is 9.62. The lowest BCUT2D eigenvalue weighted by Crippen LogP contribution is -1.92. The maximum absolute atomic E-state index is 4.59. The number of benzene rings is 1. The molecule has 0 saturated heterocycles. The molecule has 1 heteroatoms. The Balaban J connectivity index is 0.000000370. The van der Waals surface area contributed by atoms with Crippen LogP contribution in [0.4, 0.5) is 0 Å². The Bertz CT molecular complexity index is 734. The molecule has 0 saturated carbocycles. The number of aryl methyl sites for hydroxylation is 1. The normalized spacial score (nSPS) is 11.8. The molecule has 0 bridgehead atoms. The summed E-state index contributed by atoms with van der Waals surface area (Å²) in [5.74, 6) is 0. The highest BCUT2D eigenvalue weighted by atomic mass is 14.7.